The van der Waals surface area contributed by atoms with Gasteiger partial charge in [0.15, 0.2) is 5.96 Å². The molecule has 3 N–H and O–H groups in total. The number of nitrogens with zero attached hydrogens (tertiary/aromatic N) is 1. The van der Waals surface area contributed by atoms with E-state index < -0.39 is 0 Å². The molecule has 0 saturated heterocycles. The lowest BCUT2D eigenvalue weighted by Gasteiger charge is -2.12. The van der Waals surface area contributed by atoms with E-state index in [0.29, 0.717) is 12.6 Å². The number of nitrogens with one attached hydrogen (secondary N) is 1. The van der Waals surface area contributed by atoms with Gasteiger partial charge in [0.1, 0.15) is 0 Å². The molecule has 0 aromatic carbocycles. The first kappa shape index (κ1) is 13.0. The fourth-order valence-electron chi connectivity index (χ4n) is 1.33. The number of nitrogens with two attached hydrogens (primary N) is 1. The van der Waals surface area contributed by atoms with E-state index in [1.54, 1.807) is 18.4 Å². The largest absolute Gasteiger partial charge is 0.383 e. The van der Waals surface area contributed by atoms with Crippen molar-refractivity contribution in [1.82, 2.24) is 5.32 Å². The molecule has 1 unspecified atom stereocenters. The maximum atomic E-state index is 5.73. The lowest BCUT2D eigenvalue weighted by Crippen LogP contribution is -2.40. The van der Waals surface area contributed by atoms with Crippen LogP contribution in [0.3, 0.4) is 0 Å². The number of aliphatic imine (C=N–C) groups is 1. The SMILES string of the molecule is COCC(C)NC(N)=NCCc1cccs1. The van der Waals surface area contributed by atoms with E-state index in [1.807, 2.05) is 13.0 Å². The van der Waals surface area contributed by atoms with Crippen molar-refractivity contribution in [1.29, 1.82) is 0 Å². The van der Waals surface area contributed by atoms with E-state index in [9.17, 15) is 0 Å². The van der Waals surface area contributed by atoms with Gasteiger partial charge in [0.05, 0.1) is 6.61 Å². The van der Waals surface area contributed by atoms with E-state index in [0.717, 1.165) is 13.0 Å². The van der Waals surface area contributed by atoms with Gasteiger partial charge in [-0.05, 0) is 18.4 Å². The third-order valence-electron chi connectivity index (χ3n) is 2.03. The highest BCUT2D eigenvalue weighted by Crippen LogP contribution is 2.08. The van der Waals surface area contributed by atoms with E-state index in [1.165, 1.54) is 4.88 Å². The van der Waals surface area contributed by atoms with Crippen LogP contribution in [0.4, 0.5) is 0 Å². The number of thiophene rings is 1. The zero-order valence-corrected chi connectivity index (χ0v) is 10.6. The predicted octanol–water partition coefficient (Wildman–Crippen LogP) is 1.23. The molecule has 1 heterocycles. The van der Waals surface area contributed by atoms with Crippen LogP contribution in [0.2, 0.25) is 0 Å². The number of guanidine groups is 1. The van der Waals surface area contributed by atoms with Gasteiger partial charge >= 0.3 is 0 Å². The number of hydrogen-bond acceptors (Lipinski definition) is 3. The standard InChI is InChI=1S/C11H19N3OS/c1-9(8-15-2)14-11(12)13-6-5-10-4-3-7-16-10/h3-4,7,9H,5-6,8H2,1-2H3,(H3,12,13,14). The molecule has 1 aromatic rings. The summed E-state index contributed by atoms with van der Waals surface area (Å²) < 4.78 is 5.00. The van der Waals surface area contributed by atoms with Gasteiger partial charge in [-0.15, -0.1) is 11.3 Å². The molecule has 0 radical (unpaired) electrons. The first-order valence-corrected chi connectivity index (χ1v) is 6.18. The summed E-state index contributed by atoms with van der Waals surface area (Å²) in [6.07, 6.45) is 0.943. The highest BCUT2D eigenvalue weighted by molar-refractivity contribution is 7.09. The van der Waals surface area contributed by atoms with Crippen molar-refractivity contribution in [2.75, 3.05) is 20.3 Å². The fraction of sp³-hybridized carbons (Fsp3) is 0.545. The van der Waals surface area contributed by atoms with Crippen molar-refractivity contribution in [3.8, 4) is 0 Å². The summed E-state index contributed by atoms with van der Waals surface area (Å²) in [5.74, 6) is 0.487. The molecule has 90 valence electrons. The molecule has 1 atom stereocenters. The van der Waals surface area contributed by atoms with Crippen LogP contribution in [-0.2, 0) is 11.2 Å². The zero-order valence-electron chi connectivity index (χ0n) is 9.77. The topological polar surface area (TPSA) is 59.6 Å². The first-order valence-electron chi connectivity index (χ1n) is 5.30. The van der Waals surface area contributed by atoms with Gasteiger partial charge in [0.25, 0.3) is 0 Å². The molecule has 1 aromatic heterocycles. The van der Waals surface area contributed by atoms with Crippen molar-refractivity contribution in [2.45, 2.75) is 19.4 Å². The van der Waals surface area contributed by atoms with Crippen LogP contribution in [0.25, 0.3) is 0 Å². The second-order valence-electron chi connectivity index (χ2n) is 3.60. The molecule has 0 amide bonds. The Morgan fingerprint density at radius 1 is 1.69 bits per heavy atom. The minimum atomic E-state index is 0.190. The van der Waals surface area contributed by atoms with Crippen molar-refractivity contribution in [3.63, 3.8) is 0 Å². The van der Waals surface area contributed by atoms with Gasteiger partial charge in [-0.25, -0.2) is 0 Å². The number of rotatable bonds is 6. The van der Waals surface area contributed by atoms with Crippen molar-refractivity contribution in [3.05, 3.63) is 22.4 Å². The summed E-state index contributed by atoms with van der Waals surface area (Å²) in [5.41, 5.74) is 5.73. The van der Waals surface area contributed by atoms with Crippen LogP contribution in [0.1, 0.15) is 11.8 Å². The van der Waals surface area contributed by atoms with Gasteiger partial charge in [0.2, 0.25) is 0 Å². The lowest BCUT2D eigenvalue weighted by molar-refractivity contribution is 0.179. The van der Waals surface area contributed by atoms with E-state index in [2.05, 4.69) is 21.8 Å². The summed E-state index contributed by atoms with van der Waals surface area (Å²) in [6, 6.07) is 4.35. The minimum Gasteiger partial charge on any atom is -0.383 e. The fourth-order valence-corrected chi connectivity index (χ4v) is 2.03. The molecule has 5 heteroatoms. The lowest BCUT2D eigenvalue weighted by atomic mass is 10.3. The summed E-state index contributed by atoms with van der Waals surface area (Å²) >= 11 is 1.75. The molecule has 4 nitrogen and oxygen atoms in total. The molecule has 0 spiro atoms. The van der Waals surface area contributed by atoms with E-state index in [-0.39, 0.29) is 6.04 Å². The molecule has 0 bridgehead atoms. The zero-order chi connectivity index (χ0) is 11.8. The monoisotopic (exact) mass is 241 g/mol. The van der Waals surface area contributed by atoms with E-state index in [4.69, 9.17) is 10.5 Å². The number of ether oxygens (including phenoxy) is 1. The molecule has 0 fully saturated rings. The summed E-state index contributed by atoms with van der Waals surface area (Å²) in [6.45, 7) is 3.35. The molecule has 0 saturated carbocycles. The Hall–Kier alpha value is -1.07. The predicted molar refractivity (Wildman–Crippen MR) is 69.0 cm³/mol. The highest BCUT2D eigenvalue weighted by atomic mass is 32.1. The van der Waals surface area contributed by atoms with Crippen molar-refractivity contribution >= 4 is 17.3 Å². The second kappa shape index (κ2) is 7.24. The third-order valence-corrected chi connectivity index (χ3v) is 2.97. The second-order valence-corrected chi connectivity index (χ2v) is 4.63. The van der Waals surface area contributed by atoms with Crippen LogP contribution in [-0.4, -0.2) is 32.3 Å². The normalized spacial score (nSPS) is 13.8. The average molecular weight is 241 g/mol. The molecule has 1 rings (SSSR count). The van der Waals surface area contributed by atoms with Crippen LogP contribution in [0, 0.1) is 0 Å². The van der Waals surface area contributed by atoms with Gasteiger partial charge < -0.3 is 15.8 Å². The summed E-state index contributed by atoms with van der Waals surface area (Å²) in [4.78, 5) is 5.59. The summed E-state index contributed by atoms with van der Waals surface area (Å²) in [5, 5.41) is 5.14. The highest BCUT2D eigenvalue weighted by Gasteiger charge is 2.01. The molecule has 0 aliphatic heterocycles. The molecule has 0 aliphatic rings. The maximum absolute atomic E-state index is 5.73. The Balaban J connectivity index is 2.23. The Labute approximate surface area is 101 Å². The van der Waals surface area contributed by atoms with E-state index >= 15 is 0 Å². The average Bonchev–Trinajstić information content (AvgIpc) is 2.70. The van der Waals surface area contributed by atoms with Crippen LogP contribution in [0.15, 0.2) is 22.5 Å². The smallest absolute Gasteiger partial charge is 0.188 e. The Morgan fingerprint density at radius 3 is 3.12 bits per heavy atom. The van der Waals surface area contributed by atoms with Crippen LogP contribution < -0.4 is 11.1 Å². The number of hydrogen-bond donors (Lipinski definition) is 2. The van der Waals surface area contributed by atoms with Gasteiger partial charge in [-0.1, -0.05) is 6.07 Å². The van der Waals surface area contributed by atoms with Crippen molar-refractivity contribution in [2.24, 2.45) is 10.7 Å². The Morgan fingerprint density at radius 2 is 2.50 bits per heavy atom. The van der Waals surface area contributed by atoms with Crippen LogP contribution >= 0.6 is 11.3 Å². The van der Waals surface area contributed by atoms with Crippen LogP contribution in [0.5, 0.6) is 0 Å². The maximum Gasteiger partial charge on any atom is 0.188 e. The minimum absolute atomic E-state index is 0.190. The van der Waals surface area contributed by atoms with Gasteiger partial charge in [-0.2, -0.15) is 0 Å². The van der Waals surface area contributed by atoms with Gasteiger partial charge in [-0.3, -0.25) is 4.99 Å². The van der Waals surface area contributed by atoms with Crippen molar-refractivity contribution < 1.29 is 4.74 Å². The third kappa shape index (κ3) is 5.14. The molecule has 16 heavy (non-hydrogen) atoms. The first-order chi connectivity index (χ1) is 7.72. The number of methoxy groups -OCH3 is 1. The molecule has 0 aliphatic carbocycles. The summed E-state index contributed by atoms with van der Waals surface area (Å²) in [7, 11) is 1.67. The Bertz CT molecular complexity index is 311. The van der Waals surface area contributed by atoms with Gasteiger partial charge in [0, 0.05) is 31.0 Å². The molecular weight excluding hydrogens is 222 g/mol. The molecular formula is C11H19N3OS. The Kier molecular flexibility index (Phi) is 5.88. The quantitative estimate of drug-likeness (QED) is 0.582.